The molecule has 0 aliphatic heterocycles. The standard InChI is InChI=1S/C12H17F3N2O3S.ClH/c1-2-6-16-7-8-17-21(18,19)11-5-3-4-10(9-11)20-12(13,14)15;/h3-5,9,16-17H,2,6-8H2,1H3;1H. The van der Waals surface area contributed by atoms with Gasteiger partial charge in [0, 0.05) is 19.2 Å². The summed E-state index contributed by atoms with van der Waals surface area (Å²) in [5, 5.41) is 3.00. The van der Waals surface area contributed by atoms with Crippen molar-refractivity contribution in [3.63, 3.8) is 0 Å². The molecule has 0 bridgehead atoms. The van der Waals surface area contributed by atoms with E-state index in [-0.39, 0.29) is 23.8 Å². The molecular formula is C12H18ClF3N2O3S. The quantitative estimate of drug-likeness (QED) is 0.696. The van der Waals surface area contributed by atoms with Crippen LogP contribution in [0.2, 0.25) is 0 Å². The van der Waals surface area contributed by atoms with Gasteiger partial charge in [0.05, 0.1) is 4.90 Å². The number of nitrogens with one attached hydrogen (secondary N) is 2. The number of hydrogen-bond acceptors (Lipinski definition) is 4. The van der Waals surface area contributed by atoms with Gasteiger partial charge in [-0.2, -0.15) is 0 Å². The fourth-order valence-corrected chi connectivity index (χ4v) is 2.56. The Morgan fingerprint density at radius 1 is 1.18 bits per heavy atom. The first-order valence-electron chi connectivity index (χ1n) is 6.31. The summed E-state index contributed by atoms with van der Waals surface area (Å²) in [6.45, 7) is 3.32. The maximum absolute atomic E-state index is 12.1. The van der Waals surface area contributed by atoms with Gasteiger partial charge in [-0.25, -0.2) is 13.1 Å². The minimum Gasteiger partial charge on any atom is -0.406 e. The lowest BCUT2D eigenvalue weighted by molar-refractivity contribution is -0.274. The number of hydrogen-bond donors (Lipinski definition) is 2. The Kier molecular flexibility index (Phi) is 8.76. The van der Waals surface area contributed by atoms with E-state index in [0.717, 1.165) is 25.1 Å². The first-order valence-corrected chi connectivity index (χ1v) is 7.79. The zero-order chi connectivity index (χ0) is 15.9. The van der Waals surface area contributed by atoms with Gasteiger partial charge in [-0.15, -0.1) is 25.6 Å². The van der Waals surface area contributed by atoms with Crippen molar-refractivity contribution in [2.45, 2.75) is 24.6 Å². The first-order chi connectivity index (χ1) is 9.74. The van der Waals surface area contributed by atoms with E-state index in [1.807, 2.05) is 6.92 Å². The lowest BCUT2D eigenvalue weighted by Gasteiger charge is -2.11. The second-order valence-electron chi connectivity index (χ2n) is 4.17. The highest BCUT2D eigenvalue weighted by Crippen LogP contribution is 2.24. The summed E-state index contributed by atoms with van der Waals surface area (Å²) in [6, 6.07) is 4.25. The van der Waals surface area contributed by atoms with Crippen LogP contribution in [0.5, 0.6) is 5.75 Å². The molecule has 128 valence electrons. The van der Waals surface area contributed by atoms with E-state index in [0.29, 0.717) is 6.54 Å². The summed E-state index contributed by atoms with van der Waals surface area (Å²) >= 11 is 0. The molecule has 1 rings (SSSR count). The van der Waals surface area contributed by atoms with Gasteiger partial charge in [0.2, 0.25) is 10.0 Å². The molecule has 0 aliphatic rings. The molecule has 0 spiro atoms. The predicted octanol–water partition coefficient (Wildman–Crippen LogP) is 2.28. The molecule has 0 fully saturated rings. The second-order valence-corrected chi connectivity index (χ2v) is 5.94. The average Bonchev–Trinajstić information content (AvgIpc) is 2.37. The van der Waals surface area contributed by atoms with Gasteiger partial charge in [-0.1, -0.05) is 13.0 Å². The molecule has 5 nitrogen and oxygen atoms in total. The van der Waals surface area contributed by atoms with Crippen molar-refractivity contribution < 1.29 is 26.3 Å². The van der Waals surface area contributed by atoms with E-state index >= 15 is 0 Å². The van der Waals surface area contributed by atoms with Crippen LogP contribution in [0.1, 0.15) is 13.3 Å². The topological polar surface area (TPSA) is 67.4 Å². The van der Waals surface area contributed by atoms with Crippen LogP contribution in [0.4, 0.5) is 13.2 Å². The molecule has 0 saturated heterocycles. The highest BCUT2D eigenvalue weighted by molar-refractivity contribution is 7.89. The zero-order valence-corrected chi connectivity index (χ0v) is 13.4. The molecule has 0 aromatic heterocycles. The lowest BCUT2D eigenvalue weighted by atomic mass is 10.3. The Hall–Kier alpha value is -1.03. The third kappa shape index (κ3) is 7.83. The van der Waals surface area contributed by atoms with Crippen LogP contribution < -0.4 is 14.8 Å². The van der Waals surface area contributed by atoms with Crippen molar-refractivity contribution in [2.24, 2.45) is 0 Å². The maximum Gasteiger partial charge on any atom is 0.573 e. The molecule has 0 radical (unpaired) electrons. The number of alkyl halides is 3. The minimum absolute atomic E-state index is 0. The van der Waals surface area contributed by atoms with Crippen LogP contribution in [0.25, 0.3) is 0 Å². The molecular weight excluding hydrogens is 345 g/mol. The van der Waals surface area contributed by atoms with Crippen LogP contribution in [-0.2, 0) is 10.0 Å². The van der Waals surface area contributed by atoms with Gasteiger partial charge in [0.1, 0.15) is 5.75 Å². The highest BCUT2D eigenvalue weighted by atomic mass is 35.5. The molecule has 1 aromatic rings. The van der Waals surface area contributed by atoms with E-state index < -0.39 is 22.1 Å². The van der Waals surface area contributed by atoms with E-state index in [9.17, 15) is 21.6 Å². The monoisotopic (exact) mass is 362 g/mol. The Balaban J connectivity index is 0.00000441. The Morgan fingerprint density at radius 2 is 1.86 bits per heavy atom. The van der Waals surface area contributed by atoms with Crippen LogP contribution in [0.3, 0.4) is 0 Å². The Labute approximate surface area is 133 Å². The van der Waals surface area contributed by atoms with Gasteiger partial charge in [0.15, 0.2) is 0 Å². The maximum atomic E-state index is 12.1. The molecule has 0 saturated carbocycles. The molecule has 0 aliphatic carbocycles. The van der Waals surface area contributed by atoms with E-state index in [4.69, 9.17) is 0 Å². The Morgan fingerprint density at radius 3 is 2.45 bits per heavy atom. The normalized spacial score (nSPS) is 11.8. The van der Waals surface area contributed by atoms with Crippen molar-refractivity contribution in [1.82, 2.24) is 10.0 Å². The van der Waals surface area contributed by atoms with Crippen molar-refractivity contribution in [2.75, 3.05) is 19.6 Å². The van der Waals surface area contributed by atoms with Crippen LogP contribution >= 0.6 is 12.4 Å². The minimum atomic E-state index is -4.86. The van der Waals surface area contributed by atoms with Gasteiger partial charge < -0.3 is 10.1 Å². The molecule has 0 heterocycles. The van der Waals surface area contributed by atoms with Crippen molar-refractivity contribution in [3.05, 3.63) is 24.3 Å². The molecule has 0 amide bonds. The summed E-state index contributed by atoms with van der Waals surface area (Å²) in [4.78, 5) is -0.278. The number of benzene rings is 1. The van der Waals surface area contributed by atoms with Crippen LogP contribution in [-0.4, -0.2) is 34.4 Å². The van der Waals surface area contributed by atoms with Crippen molar-refractivity contribution >= 4 is 22.4 Å². The summed E-state index contributed by atoms with van der Waals surface area (Å²) in [7, 11) is -3.86. The zero-order valence-electron chi connectivity index (χ0n) is 11.8. The van der Waals surface area contributed by atoms with Crippen molar-refractivity contribution in [1.29, 1.82) is 0 Å². The molecule has 2 N–H and O–H groups in total. The van der Waals surface area contributed by atoms with Gasteiger partial charge in [0.25, 0.3) is 0 Å². The van der Waals surface area contributed by atoms with Gasteiger partial charge in [-0.05, 0) is 25.1 Å². The number of halogens is 4. The Bertz CT molecular complexity index is 553. The summed E-state index contributed by atoms with van der Waals surface area (Å²) in [6.07, 6.45) is -3.94. The van der Waals surface area contributed by atoms with E-state index in [1.165, 1.54) is 12.1 Å². The number of rotatable bonds is 8. The molecule has 1 aromatic carbocycles. The molecule has 0 atom stereocenters. The second kappa shape index (κ2) is 9.19. The van der Waals surface area contributed by atoms with Gasteiger partial charge >= 0.3 is 6.36 Å². The van der Waals surface area contributed by atoms with Crippen LogP contribution in [0.15, 0.2) is 29.2 Å². The third-order valence-electron chi connectivity index (χ3n) is 2.37. The molecule has 0 unspecified atom stereocenters. The van der Waals surface area contributed by atoms with Gasteiger partial charge in [-0.3, -0.25) is 0 Å². The molecule has 22 heavy (non-hydrogen) atoms. The summed E-state index contributed by atoms with van der Waals surface area (Å²) < 4.78 is 66.1. The number of ether oxygens (including phenoxy) is 1. The fraction of sp³-hybridized carbons (Fsp3) is 0.500. The third-order valence-corrected chi connectivity index (χ3v) is 3.83. The van der Waals surface area contributed by atoms with Crippen LogP contribution in [0, 0.1) is 0 Å². The SMILES string of the molecule is CCCNCCNS(=O)(=O)c1cccc(OC(F)(F)F)c1.Cl. The summed E-state index contributed by atoms with van der Waals surface area (Å²) in [5.74, 6) is -0.575. The summed E-state index contributed by atoms with van der Waals surface area (Å²) in [5.41, 5.74) is 0. The highest BCUT2D eigenvalue weighted by Gasteiger charge is 2.31. The molecule has 10 heteroatoms. The smallest absolute Gasteiger partial charge is 0.406 e. The average molecular weight is 363 g/mol. The fourth-order valence-electron chi connectivity index (χ4n) is 1.50. The van der Waals surface area contributed by atoms with Crippen molar-refractivity contribution in [3.8, 4) is 5.75 Å². The number of sulfonamides is 1. The first kappa shape index (κ1) is 21.0. The largest absolute Gasteiger partial charge is 0.573 e. The lowest BCUT2D eigenvalue weighted by Crippen LogP contribution is -2.32. The van der Waals surface area contributed by atoms with E-state index in [2.05, 4.69) is 14.8 Å². The van der Waals surface area contributed by atoms with E-state index in [1.54, 1.807) is 0 Å². The predicted molar refractivity (Wildman–Crippen MR) is 78.7 cm³/mol.